The number of hydrogen-bond donors (Lipinski definition) is 1. The van der Waals surface area contributed by atoms with Crippen LogP contribution in [0, 0.1) is 5.95 Å². The van der Waals surface area contributed by atoms with Crippen molar-refractivity contribution in [3.8, 4) is 0 Å². The summed E-state index contributed by atoms with van der Waals surface area (Å²) < 4.78 is 12.2. The van der Waals surface area contributed by atoms with Gasteiger partial charge in [-0.3, -0.25) is 5.14 Å². The van der Waals surface area contributed by atoms with Crippen LogP contribution in [0.15, 0.2) is 23.2 Å². The molecule has 1 rings (SSSR count). The zero-order valence-corrected chi connectivity index (χ0v) is 5.36. The van der Waals surface area contributed by atoms with Crippen LogP contribution in [-0.2, 0) is 0 Å². The van der Waals surface area contributed by atoms with E-state index in [1.807, 2.05) is 0 Å². The van der Waals surface area contributed by atoms with E-state index in [2.05, 4.69) is 4.98 Å². The van der Waals surface area contributed by atoms with Gasteiger partial charge in [0.2, 0.25) is 5.95 Å². The molecule has 0 aliphatic carbocycles. The Morgan fingerprint density at radius 2 is 2.33 bits per heavy atom. The molecule has 0 aliphatic heterocycles. The smallest absolute Gasteiger partial charge is 0.213 e. The third kappa shape index (κ3) is 1.65. The van der Waals surface area contributed by atoms with Crippen molar-refractivity contribution in [2.75, 3.05) is 0 Å². The lowest BCUT2D eigenvalue weighted by atomic mass is 10.5. The van der Waals surface area contributed by atoms with Crippen LogP contribution in [-0.4, -0.2) is 4.98 Å². The van der Waals surface area contributed by atoms with Crippen LogP contribution < -0.4 is 5.14 Å². The van der Waals surface area contributed by atoms with E-state index >= 15 is 0 Å². The lowest BCUT2D eigenvalue weighted by Gasteiger charge is -1.90. The van der Waals surface area contributed by atoms with E-state index in [9.17, 15) is 4.39 Å². The minimum Gasteiger partial charge on any atom is -0.272 e. The van der Waals surface area contributed by atoms with Crippen molar-refractivity contribution >= 4 is 11.9 Å². The maximum atomic E-state index is 12.2. The molecule has 0 unspecified atom stereocenters. The van der Waals surface area contributed by atoms with E-state index in [4.69, 9.17) is 5.14 Å². The van der Waals surface area contributed by atoms with Crippen molar-refractivity contribution in [2.24, 2.45) is 5.14 Å². The van der Waals surface area contributed by atoms with E-state index in [0.29, 0.717) is 5.03 Å². The Kier molecular flexibility index (Phi) is 2.02. The Morgan fingerprint density at radius 1 is 1.56 bits per heavy atom. The van der Waals surface area contributed by atoms with Crippen LogP contribution in [0.4, 0.5) is 4.39 Å². The summed E-state index contributed by atoms with van der Waals surface area (Å²) in [5.41, 5.74) is 0. The van der Waals surface area contributed by atoms with Crippen LogP contribution in [0.25, 0.3) is 0 Å². The molecule has 1 aromatic rings. The largest absolute Gasteiger partial charge is 0.272 e. The van der Waals surface area contributed by atoms with Crippen molar-refractivity contribution in [3.63, 3.8) is 0 Å². The predicted molar refractivity (Wildman–Crippen MR) is 34.2 cm³/mol. The number of halogens is 1. The van der Waals surface area contributed by atoms with Crippen molar-refractivity contribution in [1.82, 2.24) is 4.98 Å². The summed E-state index contributed by atoms with van der Waals surface area (Å²) in [4.78, 5) is 3.46. The first-order valence-electron chi connectivity index (χ1n) is 2.32. The van der Waals surface area contributed by atoms with Crippen LogP contribution in [0.1, 0.15) is 0 Å². The fourth-order valence-corrected chi connectivity index (χ4v) is 0.752. The number of hydrogen-bond acceptors (Lipinski definition) is 3. The second kappa shape index (κ2) is 2.80. The van der Waals surface area contributed by atoms with Gasteiger partial charge in [-0.25, -0.2) is 4.98 Å². The summed E-state index contributed by atoms with van der Waals surface area (Å²) in [6.07, 6.45) is 0. The third-order valence-electron chi connectivity index (χ3n) is 0.810. The molecule has 0 amide bonds. The lowest BCUT2D eigenvalue weighted by Crippen LogP contribution is -1.86. The summed E-state index contributed by atoms with van der Waals surface area (Å²) in [5.74, 6) is -0.495. The molecular formula is C5H5FN2S. The molecule has 2 nitrogen and oxygen atoms in total. The molecule has 2 N–H and O–H groups in total. The second-order valence-electron chi connectivity index (χ2n) is 1.42. The highest BCUT2D eigenvalue weighted by Crippen LogP contribution is 2.06. The predicted octanol–water partition coefficient (Wildman–Crippen LogP) is 1.19. The maximum absolute atomic E-state index is 12.2. The average Bonchev–Trinajstić information content (AvgIpc) is 1.88. The quantitative estimate of drug-likeness (QED) is 0.475. The average molecular weight is 144 g/mol. The molecule has 1 aromatic heterocycles. The highest BCUT2D eigenvalue weighted by Gasteiger charge is 1.91. The van der Waals surface area contributed by atoms with Crippen LogP contribution in [0.3, 0.4) is 0 Å². The van der Waals surface area contributed by atoms with Gasteiger partial charge in [-0.15, -0.1) is 0 Å². The van der Waals surface area contributed by atoms with Crippen molar-refractivity contribution in [1.29, 1.82) is 0 Å². The molecule has 0 aromatic carbocycles. The highest BCUT2D eigenvalue weighted by molar-refractivity contribution is 7.97. The molecule has 0 saturated heterocycles. The third-order valence-corrected chi connectivity index (χ3v) is 1.28. The topological polar surface area (TPSA) is 38.9 Å². The molecule has 48 valence electrons. The molecule has 0 bridgehead atoms. The van der Waals surface area contributed by atoms with E-state index < -0.39 is 5.95 Å². The SMILES string of the molecule is NSc1cccc(F)n1. The zero-order chi connectivity index (χ0) is 6.69. The van der Waals surface area contributed by atoms with Crippen molar-refractivity contribution < 1.29 is 4.39 Å². The summed E-state index contributed by atoms with van der Waals surface area (Å²) in [7, 11) is 0. The van der Waals surface area contributed by atoms with Gasteiger partial charge in [0.1, 0.15) is 5.03 Å². The van der Waals surface area contributed by atoms with Crippen molar-refractivity contribution in [2.45, 2.75) is 5.03 Å². The molecule has 1 heterocycles. The molecule has 9 heavy (non-hydrogen) atoms. The summed E-state index contributed by atoms with van der Waals surface area (Å²) in [6, 6.07) is 4.49. The van der Waals surface area contributed by atoms with Gasteiger partial charge in [0.25, 0.3) is 0 Å². The Labute approximate surface area is 56.4 Å². The van der Waals surface area contributed by atoms with Gasteiger partial charge in [-0.2, -0.15) is 4.39 Å². The molecule has 0 fully saturated rings. The van der Waals surface area contributed by atoms with Gasteiger partial charge in [0.05, 0.1) is 0 Å². The van der Waals surface area contributed by atoms with E-state index in [1.165, 1.54) is 6.07 Å². The summed E-state index contributed by atoms with van der Waals surface area (Å²) >= 11 is 0.932. The lowest BCUT2D eigenvalue weighted by molar-refractivity contribution is 0.572. The van der Waals surface area contributed by atoms with Crippen LogP contribution in [0.2, 0.25) is 0 Å². The fourth-order valence-electron chi connectivity index (χ4n) is 0.455. The first-order chi connectivity index (χ1) is 4.33. The zero-order valence-electron chi connectivity index (χ0n) is 4.54. The molecular weight excluding hydrogens is 139 g/mol. The van der Waals surface area contributed by atoms with Gasteiger partial charge in [-0.1, -0.05) is 6.07 Å². The maximum Gasteiger partial charge on any atom is 0.213 e. The van der Waals surface area contributed by atoms with Crippen LogP contribution in [0.5, 0.6) is 0 Å². The number of aromatic nitrogens is 1. The standard InChI is InChI=1S/C5H5FN2S/c6-4-2-1-3-5(8-4)9-7/h1-3H,7H2. The number of rotatable bonds is 1. The normalized spacial score (nSPS) is 9.56. The van der Waals surface area contributed by atoms with Gasteiger partial charge in [-0.05, 0) is 24.1 Å². The monoisotopic (exact) mass is 144 g/mol. The minimum atomic E-state index is -0.495. The molecule has 0 radical (unpaired) electrons. The first-order valence-corrected chi connectivity index (χ1v) is 3.20. The second-order valence-corrected chi connectivity index (χ2v) is 2.07. The summed E-state index contributed by atoms with van der Waals surface area (Å²) in [5, 5.41) is 5.60. The van der Waals surface area contributed by atoms with Gasteiger partial charge >= 0.3 is 0 Å². The van der Waals surface area contributed by atoms with Crippen molar-refractivity contribution in [3.05, 3.63) is 24.1 Å². The van der Waals surface area contributed by atoms with E-state index in [1.54, 1.807) is 12.1 Å². The molecule has 0 spiro atoms. The fraction of sp³-hybridized carbons (Fsp3) is 0. The van der Waals surface area contributed by atoms with Gasteiger partial charge < -0.3 is 0 Å². The van der Waals surface area contributed by atoms with Crippen LogP contribution >= 0.6 is 11.9 Å². The Morgan fingerprint density at radius 3 is 2.78 bits per heavy atom. The Balaban J connectivity index is 2.94. The molecule has 0 atom stereocenters. The Bertz CT molecular complexity index is 204. The minimum absolute atomic E-state index is 0.495. The highest BCUT2D eigenvalue weighted by atomic mass is 32.2. The number of nitrogens with two attached hydrogens (primary N) is 1. The summed E-state index contributed by atoms with van der Waals surface area (Å²) in [6.45, 7) is 0. The molecule has 0 saturated carbocycles. The Hall–Kier alpha value is -0.610. The molecule has 4 heteroatoms. The number of nitrogens with zero attached hydrogens (tertiary/aromatic N) is 1. The van der Waals surface area contributed by atoms with Gasteiger partial charge in [0, 0.05) is 0 Å². The van der Waals surface area contributed by atoms with E-state index in [-0.39, 0.29) is 0 Å². The molecule has 0 aliphatic rings. The number of pyridine rings is 1. The van der Waals surface area contributed by atoms with E-state index in [0.717, 1.165) is 11.9 Å². The van der Waals surface area contributed by atoms with Gasteiger partial charge in [0.15, 0.2) is 0 Å². The first kappa shape index (κ1) is 6.51.